The number of hydrogen-bond donors (Lipinski definition) is 3. The van der Waals surface area contributed by atoms with Crippen LogP contribution in [0.1, 0.15) is 18.1 Å². The molecule has 2 aromatic carbocycles. The minimum atomic E-state index is -4.40. The van der Waals surface area contributed by atoms with Gasteiger partial charge in [0.1, 0.15) is 0 Å². The standard InChI is InChI=1S/C16H15F4N3O/c1-9(24)23-13-7-6-12(14(17)15(13)21)22-8-10-2-4-11(5-3-10)16(18,19)20/h2-7,22H,8,21H2,1H3,(H,23,24). The molecule has 0 atom stereocenters. The van der Waals surface area contributed by atoms with Crippen LogP contribution in [-0.4, -0.2) is 5.91 Å². The van der Waals surface area contributed by atoms with E-state index in [9.17, 15) is 22.4 Å². The monoisotopic (exact) mass is 341 g/mol. The Morgan fingerprint density at radius 3 is 2.21 bits per heavy atom. The molecule has 0 spiro atoms. The second kappa shape index (κ2) is 6.77. The largest absolute Gasteiger partial charge is 0.416 e. The fraction of sp³-hybridized carbons (Fsp3) is 0.188. The molecule has 0 aliphatic rings. The summed E-state index contributed by atoms with van der Waals surface area (Å²) in [5.74, 6) is -1.13. The molecular formula is C16H15F4N3O. The third-order valence-corrected chi connectivity index (χ3v) is 3.25. The van der Waals surface area contributed by atoms with Gasteiger partial charge >= 0.3 is 6.18 Å². The number of hydrogen-bond acceptors (Lipinski definition) is 3. The molecule has 0 heterocycles. The Morgan fingerprint density at radius 1 is 1.08 bits per heavy atom. The van der Waals surface area contributed by atoms with E-state index in [4.69, 9.17) is 5.73 Å². The molecule has 0 saturated carbocycles. The van der Waals surface area contributed by atoms with Crippen LogP contribution in [0, 0.1) is 5.82 Å². The van der Waals surface area contributed by atoms with E-state index < -0.39 is 17.6 Å². The van der Waals surface area contributed by atoms with Crippen LogP contribution in [0.5, 0.6) is 0 Å². The van der Waals surface area contributed by atoms with Crippen molar-refractivity contribution < 1.29 is 22.4 Å². The Balaban J connectivity index is 2.09. The van der Waals surface area contributed by atoms with Gasteiger partial charge in [-0.15, -0.1) is 0 Å². The highest BCUT2D eigenvalue weighted by molar-refractivity contribution is 5.92. The number of amides is 1. The molecule has 128 valence electrons. The van der Waals surface area contributed by atoms with Gasteiger partial charge in [0.05, 0.1) is 22.6 Å². The van der Waals surface area contributed by atoms with Crippen molar-refractivity contribution in [3.63, 3.8) is 0 Å². The second-order valence-corrected chi connectivity index (χ2v) is 5.12. The molecule has 8 heteroatoms. The quantitative estimate of drug-likeness (QED) is 0.582. The molecule has 24 heavy (non-hydrogen) atoms. The minimum Gasteiger partial charge on any atom is -0.395 e. The summed E-state index contributed by atoms with van der Waals surface area (Å²) in [6.07, 6.45) is -4.40. The second-order valence-electron chi connectivity index (χ2n) is 5.12. The number of nitrogens with two attached hydrogens (primary N) is 1. The summed E-state index contributed by atoms with van der Waals surface area (Å²) < 4.78 is 51.6. The number of alkyl halides is 3. The predicted octanol–water partition coefficient (Wildman–Crippen LogP) is 4.00. The lowest BCUT2D eigenvalue weighted by molar-refractivity contribution is -0.137. The minimum absolute atomic E-state index is 0.0847. The normalized spacial score (nSPS) is 11.2. The fourth-order valence-corrected chi connectivity index (χ4v) is 2.04. The number of benzene rings is 2. The Bertz CT molecular complexity index is 742. The molecule has 4 nitrogen and oxygen atoms in total. The van der Waals surface area contributed by atoms with Gasteiger partial charge in [-0.3, -0.25) is 4.79 Å². The van der Waals surface area contributed by atoms with Crippen LogP contribution in [0.15, 0.2) is 36.4 Å². The summed E-state index contributed by atoms with van der Waals surface area (Å²) in [7, 11) is 0. The van der Waals surface area contributed by atoms with Gasteiger partial charge in [0.15, 0.2) is 5.82 Å². The summed E-state index contributed by atoms with van der Waals surface area (Å²) in [5, 5.41) is 5.16. The van der Waals surface area contributed by atoms with Crippen molar-refractivity contribution in [3.8, 4) is 0 Å². The summed E-state index contributed by atoms with van der Waals surface area (Å²) >= 11 is 0. The molecule has 0 aliphatic carbocycles. The lowest BCUT2D eigenvalue weighted by Gasteiger charge is -2.13. The number of anilines is 3. The fourth-order valence-electron chi connectivity index (χ4n) is 2.04. The van der Waals surface area contributed by atoms with Gasteiger partial charge in [0.25, 0.3) is 0 Å². The highest BCUT2D eigenvalue weighted by Crippen LogP contribution is 2.30. The van der Waals surface area contributed by atoms with Gasteiger partial charge in [-0.1, -0.05) is 12.1 Å². The molecule has 0 saturated heterocycles. The van der Waals surface area contributed by atoms with E-state index in [0.29, 0.717) is 5.56 Å². The lowest BCUT2D eigenvalue weighted by Crippen LogP contribution is -2.10. The van der Waals surface area contributed by atoms with E-state index in [2.05, 4.69) is 10.6 Å². The average Bonchev–Trinajstić information content (AvgIpc) is 2.50. The first-order chi connectivity index (χ1) is 11.2. The van der Waals surface area contributed by atoms with Gasteiger partial charge in [0.2, 0.25) is 5.91 Å². The lowest BCUT2D eigenvalue weighted by atomic mass is 10.1. The Kier molecular flexibility index (Phi) is 4.96. The van der Waals surface area contributed by atoms with Crippen LogP contribution in [0.25, 0.3) is 0 Å². The van der Waals surface area contributed by atoms with Crippen LogP contribution in [0.4, 0.5) is 34.6 Å². The molecule has 2 rings (SSSR count). The molecule has 0 aromatic heterocycles. The van der Waals surface area contributed by atoms with Gasteiger partial charge in [-0.05, 0) is 29.8 Å². The highest BCUT2D eigenvalue weighted by atomic mass is 19.4. The van der Waals surface area contributed by atoms with Gasteiger partial charge in [-0.25, -0.2) is 4.39 Å². The Hall–Kier alpha value is -2.77. The molecule has 0 radical (unpaired) electrons. The van der Waals surface area contributed by atoms with E-state index in [1.807, 2.05) is 0 Å². The van der Waals surface area contributed by atoms with Crippen LogP contribution in [0.3, 0.4) is 0 Å². The first-order valence-corrected chi connectivity index (χ1v) is 6.94. The maximum absolute atomic E-state index is 14.1. The van der Waals surface area contributed by atoms with E-state index in [0.717, 1.165) is 12.1 Å². The van der Waals surface area contributed by atoms with E-state index in [1.54, 1.807) is 0 Å². The third kappa shape index (κ3) is 4.15. The first-order valence-electron chi connectivity index (χ1n) is 6.94. The molecule has 0 bridgehead atoms. The van der Waals surface area contributed by atoms with Gasteiger partial charge in [0, 0.05) is 13.5 Å². The maximum Gasteiger partial charge on any atom is 0.416 e. The number of rotatable bonds is 4. The van der Waals surface area contributed by atoms with Crippen LogP contribution in [-0.2, 0) is 17.5 Å². The smallest absolute Gasteiger partial charge is 0.395 e. The van der Waals surface area contributed by atoms with Crippen molar-refractivity contribution in [2.45, 2.75) is 19.6 Å². The molecule has 4 N–H and O–H groups in total. The third-order valence-electron chi connectivity index (χ3n) is 3.25. The molecule has 0 fully saturated rings. The number of halogens is 4. The zero-order valence-corrected chi connectivity index (χ0v) is 12.7. The Morgan fingerprint density at radius 2 is 1.67 bits per heavy atom. The molecular weight excluding hydrogens is 326 g/mol. The summed E-state index contributed by atoms with van der Waals surface area (Å²) in [6, 6.07) is 7.37. The Labute approximate surface area is 135 Å². The van der Waals surface area contributed by atoms with Crippen LogP contribution >= 0.6 is 0 Å². The van der Waals surface area contributed by atoms with E-state index in [1.165, 1.54) is 31.2 Å². The van der Waals surface area contributed by atoms with Gasteiger partial charge in [-0.2, -0.15) is 13.2 Å². The van der Waals surface area contributed by atoms with Crippen molar-refractivity contribution in [2.75, 3.05) is 16.4 Å². The average molecular weight is 341 g/mol. The van der Waals surface area contributed by atoms with E-state index >= 15 is 0 Å². The van der Waals surface area contributed by atoms with Crippen molar-refractivity contribution in [2.24, 2.45) is 0 Å². The highest BCUT2D eigenvalue weighted by Gasteiger charge is 2.29. The number of carbonyl (C=O) groups is 1. The maximum atomic E-state index is 14.1. The zero-order valence-electron chi connectivity index (χ0n) is 12.7. The van der Waals surface area contributed by atoms with Crippen molar-refractivity contribution in [3.05, 3.63) is 53.3 Å². The van der Waals surface area contributed by atoms with Crippen LogP contribution < -0.4 is 16.4 Å². The number of nitrogen functional groups attached to an aromatic ring is 1. The zero-order chi connectivity index (χ0) is 17.9. The molecule has 0 aliphatic heterocycles. The van der Waals surface area contributed by atoms with E-state index in [-0.39, 0.29) is 29.5 Å². The van der Waals surface area contributed by atoms with Crippen LogP contribution in [0.2, 0.25) is 0 Å². The summed E-state index contributed by atoms with van der Waals surface area (Å²) in [6.45, 7) is 1.39. The van der Waals surface area contributed by atoms with Crippen molar-refractivity contribution in [1.29, 1.82) is 0 Å². The summed E-state index contributed by atoms with van der Waals surface area (Å²) in [4.78, 5) is 11.0. The molecule has 1 amide bonds. The topological polar surface area (TPSA) is 67.2 Å². The molecule has 2 aromatic rings. The van der Waals surface area contributed by atoms with Gasteiger partial charge < -0.3 is 16.4 Å². The summed E-state index contributed by atoms with van der Waals surface area (Å²) in [5.41, 5.74) is 5.43. The SMILES string of the molecule is CC(=O)Nc1ccc(NCc2ccc(C(F)(F)F)cc2)c(F)c1N. The van der Waals surface area contributed by atoms with Crippen molar-refractivity contribution >= 4 is 23.0 Å². The number of carbonyl (C=O) groups excluding carboxylic acids is 1. The predicted molar refractivity (Wildman–Crippen MR) is 83.9 cm³/mol. The first kappa shape index (κ1) is 17.6. The number of nitrogens with one attached hydrogen (secondary N) is 2. The van der Waals surface area contributed by atoms with Crippen molar-refractivity contribution in [1.82, 2.24) is 0 Å². The molecule has 0 unspecified atom stereocenters.